The molecule has 3 aromatic rings. The minimum absolute atomic E-state index is 0.0254. The van der Waals surface area contributed by atoms with Crippen molar-refractivity contribution in [3.63, 3.8) is 0 Å². The van der Waals surface area contributed by atoms with Crippen LogP contribution in [-0.2, 0) is 10.2 Å². The third-order valence-electron chi connectivity index (χ3n) is 6.13. The van der Waals surface area contributed by atoms with Crippen molar-refractivity contribution in [2.45, 2.75) is 32.2 Å². The summed E-state index contributed by atoms with van der Waals surface area (Å²) in [7, 11) is 3.82. The topological polar surface area (TPSA) is 74.0 Å². The molecule has 0 saturated carbocycles. The molecule has 0 radical (unpaired) electrons. The van der Waals surface area contributed by atoms with E-state index >= 15 is 0 Å². The normalized spacial score (nSPS) is 16.9. The molecule has 1 N–H and O–H groups in total. The molecule has 1 aliphatic rings. The number of likely N-dealkylation sites (N-methyl/N-ethyl adjacent to an activating group) is 1. The minimum Gasteiger partial charge on any atom is -0.503 e. The van der Waals surface area contributed by atoms with Gasteiger partial charge in [0.05, 0.1) is 11.6 Å². The molecular weight excluding hydrogens is 452 g/mol. The SMILES string of the molecule is CN(C)CCN1C(=O)C(O)=C(C(=O)c2cc3cc(Cl)ccc3o2)C1c1ccc(C(C)(C)C)cc1. The van der Waals surface area contributed by atoms with E-state index in [4.69, 9.17) is 16.0 Å². The summed E-state index contributed by atoms with van der Waals surface area (Å²) in [6, 6.07) is 13.8. The van der Waals surface area contributed by atoms with E-state index in [-0.39, 0.29) is 16.7 Å². The van der Waals surface area contributed by atoms with Gasteiger partial charge in [0.25, 0.3) is 5.91 Å². The molecule has 1 amide bonds. The quantitative estimate of drug-likeness (QED) is 0.470. The first-order chi connectivity index (χ1) is 16.0. The Hall–Kier alpha value is -3.09. The van der Waals surface area contributed by atoms with Crippen molar-refractivity contribution in [2.24, 2.45) is 0 Å². The van der Waals surface area contributed by atoms with Crippen LogP contribution in [0.5, 0.6) is 0 Å². The van der Waals surface area contributed by atoms with E-state index in [2.05, 4.69) is 20.8 Å². The Balaban J connectivity index is 1.78. The van der Waals surface area contributed by atoms with Crippen LogP contribution in [0.15, 0.2) is 64.3 Å². The van der Waals surface area contributed by atoms with Crippen LogP contribution in [0.25, 0.3) is 11.0 Å². The maximum atomic E-state index is 13.6. The Morgan fingerprint density at radius 1 is 1.12 bits per heavy atom. The number of aliphatic hydroxyl groups is 1. The smallest absolute Gasteiger partial charge is 0.290 e. The number of carbonyl (C=O) groups excluding carboxylic acids is 2. The Bertz CT molecular complexity index is 1280. The largest absolute Gasteiger partial charge is 0.503 e. The summed E-state index contributed by atoms with van der Waals surface area (Å²) in [5, 5.41) is 12.1. The fourth-order valence-electron chi connectivity index (χ4n) is 4.19. The minimum atomic E-state index is -0.717. The van der Waals surface area contributed by atoms with Crippen LogP contribution in [0.4, 0.5) is 0 Å². The van der Waals surface area contributed by atoms with Crippen molar-refractivity contribution in [1.29, 1.82) is 0 Å². The summed E-state index contributed by atoms with van der Waals surface area (Å²) >= 11 is 6.07. The Morgan fingerprint density at radius 3 is 2.41 bits per heavy atom. The van der Waals surface area contributed by atoms with Gasteiger partial charge in [-0.3, -0.25) is 9.59 Å². The molecule has 1 aromatic heterocycles. The summed E-state index contributed by atoms with van der Waals surface area (Å²) in [4.78, 5) is 30.2. The van der Waals surface area contributed by atoms with E-state index in [1.807, 2.05) is 43.3 Å². The summed E-state index contributed by atoms with van der Waals surface area (Å²) in [5.74, 6) is -1.56. The van der Waals surface area contributed by atoms with E-state index in [1.54, 1.807) is 29.2 Å². The van der Waals surface area contributed by atoms with Crippen molar-refractivity contribution < 1.29 is 19.1 Å². The summed E-state index contributed by atoms with van der Waals surface area (Å²) in [5.41, 5.74) is 2.38. The number of halogens is 1. The third kappa shape index (κ3) is 4.48. The zero-order valence-electron chi connectivity index (χ0n) is 20.1. The van der Waals surface area contributed by atoms with E-state index < -0.39 is 23.5 Å². The number of fused-ring (bicyclic) bond motifs is 1. The lowest BCUT2D eigenvalue weighted by Crippen LogP contribution is -2.36. The van der Waals surface area contributed by atoms with Crippen LogP contribution < -0.4 is 0 Å². The third-order valence-corrected chi connectivity index (χ3v) is 6.37. The Kier molecular flexibility index (Phi) is 6.32. The van der Waals surface area contributed by atoms with E-state index in [0.29, 0.717) is 29.1 Å². The maximum absolute atomic E-state index is 13.6. The Labute approximate surface area is 204 Å². The molecule has 0 bridgehead atoms. The number of Topliss-reactive ketones (excluding diaryl/α,β-unsaturated/α-hetero) is 1. The summed E-state index contributed by atoms with van der Waals surface area (Å²) in [6.07, 6.45) is 0. The number of amides is 1. The molecule has 178 valence electrons. The lowest BCUT2D eigenvalue weighted by Gasteiger charge is -2.28. The van der Waals surface area contributed by atoms with E-state index in [9.17, 15) is 14.7 Å². The van der Waals surface area contributed by atoms with Gasteiger partial charge in [-0.05, 0) is 54.9 Å². The fraction of sp³-hybridized carbons (Fsp3) is 0.333. The number of hydrogen-bond donors (Lipinski definition) is 1. The van der Waals surface area contributed by atoms with Crippen molar-refractivity contribution in [2.75, 3.05) is 27.2 Å². The second-order valence-electron chi connectivity index (χ2n) is 9.96. The zero-order valence-corrected chi connectivity index (χ0v) is 20.8. The number of nitrogens with zero attached hydrogens (tertiary/aromatic N) is 2. The molecule has 34 heavy (non-hydrogen) atoms. The summed E-state index contributed by atoms with van der Waals surface area (Å²) < 4.78 is 5.77. The van der Waals surface area contributed by atoms with Crippen molar-refractivity contribution in [1.82, 2.24) is 9.80 Å². The average Bonchev–Trinajstić information content (AvgIpc) is 3.30. The van der Waals surface area contributed by atoms with Crippen LogP contribution in [-0.4, -0.2) is 53.8 Å². The van der Waals surface area contributed by atoms with Gasteiger partial charge in [0.2, 0.25) is 5.78 Å². The highest BCUT2D eigenvalue weighted by Gasteiger charge is 2.44. The van der Waals surface area contributed by atoms with Gasteiger partial charge >= 0.3 is 0 Å². The highest BCUT2D eigenvalue weighted by Crippen LogP contribution is 2.40. The molecule has 7 heteroatoms. The second kappa shape index (κ2) is 8.93. The van der Waals surface area contributed by atoms with Crippen LogP contribution in [0, 0.1) is 0 Å². The predicted octanol–water partition coefficient (Wildman–Crippen LogP) is 5.52. The number of furan rings is 1. The van der Waals surface area contributed by atoms with Crippen LogP contribution >= 0.6 is 11.6 Å². The first-order valence-corrected chi connectivity index (χ1v) is 11.6. The van der Waals surface area contributed by atoms with Crippen LogP contribution in [0.3, 0.4) is 0 Å². The fourth-order valence-corrected chi connectivity index (χ4v) is 4.38. The zero-order chi connectivity index (χ0) is 24.8. The van der Waals surface area contributed by atoms with Crippen molar-refractivity contribution in [3.8, 4) is 0 Å². The van der Waals surface area contributed by atoms with Gasteiger partial charge in [-0.15, -0.1) is 0 Å². The second-order valence-corrected chi connectivity index (χ2v) is 10.4. The standard InChI is InChI=1S/C27H29ClN2O4/c1-27(2,3)18-8-6-16(7-9-18)23-22(25(32)26(33)30(23)13-12-29(4)5)24(31)21-15-17-14-19(28)10-11-20(17)34-21/h6-11,14-15,23,32H,12-13H2,1-5H3. The van der Waals surface area contributed by atoms with Gasteiger partial charge < -0.3 is 19.3 Å². The van der Waals surface area contributed by atoms with Crippen molar-refractivity contribution >= 4 is 34.3 Å². The first kappa shape index (κ1) is 24.0. The van der Waals surface area contributed by atoms with Gasteiger partial charge in [0, 0.05) is 23.5 Å². The first-order valence-electron chi connectivity index (χ1n) is 11.2. The highest BCUT2D eigenvalue weighted by molar-refractivity contribution is 6.31. The molecule has 1 aliphatic heterocycles. The molecule has 2 aromatic carbocycles. The van der Waals surface area contributed by atoms with Crippen LogP contribution in [0.1, 0.15) is 48.5 Å². The van der Waals surface area contributed by atoms with Gasteiger partial charge in [0.15, 0.2) is 11.5 Å². The van der Waals surface area contributed by atoms with Gasteiger partial charge in [-0.1, -0.05) is 56.6 Å². The maximum Gasteiger partial charge on any atom is 0.290 e. The number of aliphatic hydroxyl groups excluding tert-OH is 1. The molecule has 0 spiro atoms. The lowest BCUT2D eigenvalue weighted by atomic mass is 9.85. The van der Waals surface area contributed by atoms with Gasteiger partial charge in [-0.2, -0.15) is 0 Å². The van der Waals surface area contributed by atoms with Gasteiger partial charge in [-0.25, -0.2) is 0 Å². The molecule has 0 fully saturated rings. The molecule has 1 unspecified atom stereocenters. The van der Waals surface area contributed by atoms with Crippen molar-refractivity contribution in [3.05, 3.63) is 81.8 Å². The lowest BCUT2D eigenvalue weighted by molar-refractivity contribution is -0.129. The van der Waals surface area contributed by atoms with E-state index in [0.717, 1.165) is 11.1 Å². The number of carbonyl (C=O) groups is 2. The van der Waals surface area contributed by atoms with E-state index in [1.165, 1.54) is 0 Å². The average molecular weight is 481 g/mol. The highest BCUT2D eigenvalue weighted by atomic mass is 35.5. The monoisotopic (exact) mass is 480 g/mol. The molecule has 6 nitrogen and oxygen atoms in total. The number of benzene rings is 2. The molecule has 4 rings (SSSR count). The Morgan fingerprint density at radius 2 is 1.79 bits per heavy atom. The molecule has 0 saturated heterocycles. The molecule has 1 atom stereocenters. The van der Waals surface area contributed by atoms with Gasteiger partial charge in [0.1, 0.15) is 5.58 Å². The molecule has 2 heterocycles. The molecule has 0 aliphatic carbocycles. The predicted molar refractivity (Wildman–Crippen MR) is 133 cm³/mol. The number of ketones is 1. The number of hydrogen-bond acceptors (Lipinski definition) is 5. The molecular formula is C27H29ClN2O4. The number of rotatable bonds is 6. The van der Waals surface area contributed by atoms with Crippen LogP contribution in [0.2, 0.25) is 5.02 Å². The summed E-state index contributed by atoms with van der Waals surface area (Å²) in [6.45, 7) is 7.31.